The highest BCUT2D eigenvalue weighted by Crippen LogP contribution is 2.17. The van der Waals surface area contributed by atoms with E-state index in [0.717, 1.165) is 28.4 Å². The topological polar surface area (TPSA) is 56.7 Å². The Hall–Kier alpha value is -1.88. The molecule has 0 bridgehead atoms. The van der Waals surface area contributed by atoms with E-state index in [1.807, 2.05) is 29.7 Å². The second-order valence-electron chi connectivity index (χ2n) is 4.03. The molecule has 3 aromatic rings. The third-order valence-electron chi connectivity index (χ3n) is 2.69. The fourth-order valence-corrected chi connectivity index (χ4v) is 2.12. The molecule has 0 aromatic carbocycles. The van der Waals surface area contributed by atoms with Crippen LogP contribution in [-0.4, -0.2) is 19.7 Å². The first-order valence-electron chi connectivity index (χ1n) is 5.56. The van der Waals surface area contributed by atoms with Crippen molar-refractivity contribution in [2.24, 2.45) is 0 Å². The van der Waals surface area contributed by atoms with Gasteiger partial charge in [0.25, 0.3) is 0 Å². The highest BCUT2D eigenvalue weighted by molar-refractivity contribution is 6.16. The quantitative estimate of drug-likeness (QED) is 0.681. The number of aromatic nitrogens is 4. The monoisotopic (exact) mass is 262 g/mol. The van der Waals surface area contributed by atoms with E-state index in [2.05, 4.69) is 15.1 Å². The minimum atomic E-state index is 0.337. The van der Waals surface area contributed by atoms with Gasteiger partial charge in [-0.15, -0.1) is 11.6 Å². The van der Waals surface area contributed by atoms with Crippen molar-refractivity contribution < 1.29 is 4.52 Å². The summed E-state index contributed by atoms with van der Waals surface area (Å²) in [6, 6.07) is 5.67. The predicted molar refractivity (Wildman–Crippen MR) is 67.4 cm³/mol. The van der Waals surface area contributed by atoms with E-state index in [-0.39, 0.29) is 0 Å². The van der Waals surface area contributed by atoms with Gasteiger partial charge >= 0.3 is 0 Å². The van der Waals surface area contributed by atoms with Crippen molar-refractivity contribution in [2.45, 2.75) is 19.3 Å². The van der Waals surface area contributed by atoms with Crippen LogP contribution in [0.2, 0.25) is 0 Å². The van der Waals surface area contributed by atoms with Crippen LogP contribution in [0.1, 0.15) is 17.3 Å². The van der Waals surface area contributed by atoms with Crippen molar-refractivity contribution in [3.63, 3.8) is 0 Å². The van der Waals surface area contributed by atoms with E-state index in [9.17, 15) is 0 Å². The normalized spacial score (nSPS) is 11.2. The molecule has 3 aromatic heterocycles. The zero-order chi connectivity index (χ0) is 12.5. The van der Waals surface area contributed by atoms with Crippen molar-refractivity contribution in [2.75, 3.05) is 0 Å². The van der Waals surface area contributed by atoms with Crippen molar-refractivity contribution in [1.29, 1.82) is 0 Å². The van der Waals surface area contributed by atoms with Crippen LogP contribution in [0.15, 0.2) is 28.9 Å². The summed E-state index contributed by atoms with van der Waals surface area (Å²) in [4.78, 5) is 8.77. The summed E-state index contributed by atoms with van der Waals surface area (Å²) in [5, 5.41) is 3.87. The molecule has 0 aliphatic heterocycles. The molecule has 0 spiro atoms. The maximum atomic E-state index is 5.92. The summed E-state index contributed by atoms with van der Waals surface area (Å²) in [6.45, 7) is 2.43. The standard InChI is InChI=1S/C12H11ClN4O/c1-8-5-9(18-16-8)7-17-11(6-13)15-10-3-2-4-14-12(10)17/h2-5H,6-7H2,1H3. The summed E-state index contributed by atoms with van der Waals surface area (Å²) in [5.41, 5.74) is 2.50. The number of pyridine rings is 1. The van der Waals surface area contributed by atoms with Crippen molar-refractivity contribution in [3.8, 4) is 0 Å². The lowest BCUT2D eigenvalue weighted by Gasteiger charge is -2.03. The first-order valence-corrected chi connectivity index (χ1v) is 6.09. The first-order chi connectivity index (χ1) is 8.78. The Morgan fingerprint density at radius 1 is 1.44 bits per heavy atom. The maximum Gasteiger partial charge on any atom is 0.160 e. The fourth-order valence-electron chi connectivity index (χ4n) is 1.92. The second kappa shape index (κ2) is 4.42. The lowest BCUT2D eigenvalue weighted by molar-refractivity contribution is 0.373. The number of aryl methyl sites for hydroxylation is 1. The number of rotatable bonds is 3. The number of alkyl halides is 1. The van der Waals surface area contributed by atoms with Gasteiger partial charge in [0.05, 0.1) is 18.1 Å². The van der Waals surface area contributed by atoms with Gasteiger partial charge in [-0.1, -0.05) is 5.16 Å². The molecule has 6 heteroatoms. The smallest absolute Gasteiger partial charge is 0.160 e. The van der Waals surface area contributed by atoms with Crippen LogP contribution in [0.3, 0.4) is 0 Å². The molecule has 0 saturated carbocycles. The SMILES string of the molecule is Cc1cc(Cn2c(CCl)nc3cccnc32)on1. The largest absolute Gasteiger partial charge is 0.359 e. The van der Waals surface area contributed by atoms with Gasteiger partial charge in [0.15, 0.2) is 11.4 Å². The summed E-state index contributed by atoms with van der Waals surface area (Å²) < 4.78 is 7.16. The van der Waals surface area contributed by atoms with Gasteiger partial charge in [0, 0.05) is 12.3 Å². The third kappa shape index (κ3) is 1.86. The van der Waals surface area contributed by atoms with Crippen LogP contribution in [0.5, 0.6) is 0 Å². The van der Waals surface area contributed by atoms with Crippen molar-refractivity contribution in [1.82, 2.24) is 19.7 Å². The summed E-state index contributed by atoms with van der Waals surface area (Å²) in [6.07, 6.45) is 1.74. The first kappa shape index (κ1) is 11.2. The number of hydrogen-bond acceptors (Lipinski definition) is 4. The third-order valence-corrected chi connectivity index (χ3v) is 2.93. The van der Waals surface area contributed by atoms with E-state index in [1.165, 1.54) is 0 Å². The van der Waals surface area contributed by atoms with Gasteiger partial charge in [0.2, 0.25) is 0 Å². The van der Waals surface area contributed by atoms with Gasteiger partial charge in [-0.05, 0) is 19.1 Å². The van der Waals surface area contributed by atoms with Gasteiger partial charge in [-0.25, -0.2) is 9.97 Å². The molecular weight excluding hydrogens is 252 g/mol. The minimum absolute atomic E-state index is 0.337. The van der Waals surface area contributed by atoms with Crippen LogP contribution in [0, 0.1) is 6.92 Å². The van der Waals surface area contributed by atoms with Gasteiger partial charge in [-0.3, -0.25) is 0 Å². The van der Waals surface area contributed by atoms with Crippen LogP contribution in [-0.2, 0) is 12.4 Å². The van der Waals surface area contributed by atoms with E-state index in [0.29, 0.717) is 12.4 Å². The molecule has 0 N–H and O–H groups in total. The molecule has 5 nitrogen and oxygen atoms in total. The highest BCUT2D eigenvalue weighted by Gasteiger charge is 2.12. The average molecular weight is 263 g/mol. The minimum Gasteiger partial charge on any atom is -0.359 e. The number of nitrogens with zero attached hydrogens (tertiary/aromatic N) is 4. The molecule has 0 amide bonds. The second-order valence-corrected chi connectivity index (χ2v) is 4.30. The highest BCUT2D eigenvalue weighted by atomic mass is 35.5. The zero-order valence-corrected chi connectivity index (χ0v) is 10.6. The Labute approximate surface area is 108 Å². The maximum absolute atomic E-state index is 5.92. The molecule has 0 saturated heterocycles. The van der Waals surface area contributed by atoms with Gasteiger partial charge < -0.3 is 9.09 Å². The number of halogens is 1. The Balaban J connectivity index is 2.09. The molecule has 0 unspecified atom stereocenters. The Morgan fingerprint density at radius 2 is 2.33 bits per heavy atom. The molecule has 0 fully saturated rings. The summed E-state index contributed by atoms with van der Waals surface area (Å²) >= 11 is 5.92. The van der Waals surface area contributed by atoms with Crippen LogP contribution in [0.4, 0.5) is 0 Å². The number of hydrogen-bond donors (Lipinski definition) is 0. The zero-order valence-electron chi connectivity index (χ0n) is 9.80. The molecule has 0 atom stereocenters. The molecule has 18 heavy (non-hydrogen) atoms. The molecule has 3 rings (SSSR count). The van der Waals surface area contributed by atoms with Gasteiger partial charge in [0.1, 0.15) is 11.3 Å². The van der Waals surface area contributed by atoms with Crippen molar-refractivity contribution >= 4 is 22.8 Å². The molecule has 92 valence electrons. The molecule has 3 heterocycles. The van der Waals surface area contributed by atoms with Crippen LogP contribution in [0.25, 0.3) is 11.2 Å². The molecule has 0 aliphatic rings. The van der Waals surface area contributed by atoms with E-state index in [1.54, 1.807) is 6.20 Å². The Bertz CT molecular complexity index is 688. The van der Waals surface area contributed by atoms with E-state index in [4.69, 9.17) is 16.1 Å². The fraction of sp³-hybridized carbons (Fsp3) is 0.250. The van der Waals surface area contributed by atoms with Gasteiger partial charge in [-0.2, -0.15) is 0 Å². The average Bonchev–Trinajstić information content (AvgIpc) is 2.94. The van der Waals surface area contributed by atoms with Crippen LogP contribution >= 0.6 is 11.6 Å². The summed E-state index contributed by atoms with van der Waals surface area (Å²) in [5.74, 6) is 1.88. The Morgan fingerprint density at radius 3 is 3.06 bits per heavy atom. The van der Waals surface area contributed by atoms with Crippen LogP contribution < -0.4 is 0 Å². The lowest BCUT2D eigenvalue weighted by Crippen LogP contribution is -2.03. The number of fused-ring (bicyclic) bond motifs is 1. The lowest BCUT2D eigenvalue weighted by atomic mass is 10.4. The predicted octanol–water partition coefficient (Wildman–Crippen LogP) is 2.51. The molecular formula is C12H11ClN4O. The molecule has 0 radical (unpaired) electrons. The van der Waals surface area contributed by atoms with Crippen molar-refractivity contribution in [3.05, 3.63) is 41.7 Å². The number of imidazole rings is 1. The molecule has 0 aliphatic carbocycles. The summed E-state index contributed by atoms with van der Waals surface area (Å²) in [7, 11) is 0. The van der Waals surface area contributed by atoms with E-state index < -0.39 is 0 Å². The Kier molecular flexibility index (Phi) is 2.76. The van der Waals surface area contributed by atoms with E-state index >= 15 is 0 Å².